The van der Waals surface area contributed by atoms with Gasteiger partial charge in [0.25, 0.3) is 0 Å². The van der Waals surface area contributed by atoms with Crippen LogP contribution in [0.5, 0.6) is 0 Å². The van der Waals surface area contributed by atoms with E-state index in [-0.39, 0.29) is 11.3 Å². The monoisotopic (exact) mass is 610 g/mol. The van der Waals surface area contributed by atoms with E-state index in [9.17, 15) is 36.2 Å². The Kier molecular flexibility index (Phi) is 11.2. The molecule has 1 unspecified atom stereocenters. The van der Waals surface area contributed by atoms with Crippen molar-refractivity contribution in [1.29, 1.82) is 0 Å². The van der Waals surface area contributed by atoms with E-state index in [2.05, 4.69) is 41.8 Å². The molecule has 13 heteroatoms. The number of hydrogen-bond donors (Lipinski definition) is 1. The number of nitrogens with zero attached hydrogens (tertiary/aromatic N) is 2. The first-order valence-electron chi connectivity index (χ1n) is 8.78. The lowest BCUT2D eigenvalue weighted by Crippen LogP contribution is -2.40. The van der Waals surface area contributed by atoms with Crippen molar-refractivity contribution in [2.45, 2.75) is 51.1 Å². The Bertz CT molecular complexity index is 888. The second-order valence-electron chi connectivity index (χ2n) is 7.66. The number of ketones is 1. The fraction of sp³-hybridized carbons (Fsp3) is 0.421. The van der Waals surface area contributed by atoms with Crippen molar-refractivity contribution in [3.05, 3.63) is 57.0 Å². The van der Waals surface area contributed by atoms with Crippen LogP contribution in [0.2, 0.25) is 19.6 Å². The molecule has 4 nitrogen and oxygen atoms in total. The van der Waals surface area contributed by atoms with Crippen LogP contribution in [0.4, 0.5) is 26.3 Å². The van der Waals surface area contributed by atoms with Crippen molar-refractivity contribution < 1.29 is 36.2 Å². The molecule has 0 radical (unpaired) electrons. The zero-order valence-electron chi connectivity index (χ0n) is 17.7. The van der Waals surface area contributed by atoms with Crippen molar-refractivity contribution in [2.75, 3.05) is 0 Å². The molecule has 0 bridgehead atoms. The maximum absolute atomic E-state index is 12.4. The van der Waals surface area contributed by atoms with Gasteiger partial charge in [0.2, 0.25) is 0 Å². The van der Waals surface area contributed by atoms with Crippen LogP contribution in [-0.2, 0) is 5.60 Å². The molecule has 1 atom stereocenters. The van der Waals surface area contributed by atoms with Gasteiger partial charge in [0.05, 0.1) is 0 Å². The van der Waals surface area contributed by atoms with Gasteiger partial charge in [0.15, 0.2) is 19.5 Å². The van der Waals surface area contributed by atoms with Crippen molar-refractivity contribution in [3.8, 4) is 0 Å². The summed E-state index contributed by atoms with van der Waals surface area (Å²) in [6, 6.07) is 2.93. The predicted octanol–water partition coefficient (Wildman–Crippen LogP) is 7.09. The molecule has 0 fully saturated rings. The smallest absolute Gasteiger partial charge is 0.376 e. The first-order chi connectivity index (χ1) is 14.2. The number of carbonyl (C=O) groups is 1. The molecule has 0 saturated heterocycles. The van der Waals surface area contributed by atoms with Gasteiger partial charge < -0.3 is 5.11 Å². The molecule has 2 heterocycles. The van der Waals surface area contributed by atoms with Crippen molar-refractivity contribution in [1.82, 2.24) is 9.97 Å². The summed E-state index contributed by atoms with van der Waals surface area (Å²) in [5.41, 5.74) is -2.53. The first kappa shape index (κ1) is 30.7. The molecule has 0 saturated carbocycles. The summed E-state index contributed by atoms with van der Waals surface area (Å²) in [4.78, 5) is 18.1. The number of aromatic nitrogens is 2. The lowest BCUT2D eigenvalue weighted by molar-refractivity contribution is -0.259. The van der Waals surface area contributed by atoms with E-state index in [1.165, 1.54) is 38.8 Å². The van der Waals surface area contributed by atoms with E-state index in [1.54, 1.807) is 18.5 Å². The quantitative estimate of drug-likeness (QED) is 0.224. The normalized spacial score (nSPS) is 13.7. The van der Waals surface area contributed by atoms with E-state index in [4.69, 9.17) is 0 Å². The predicted molar refractivity (Wildman–Crippen MR) is 119 cm³/mol. The second kappa shape index (κ2) is 11.7. The lowest BCUT2D eigenvalue weighted by atomic mass is 9.97. The number of halogens is 8. The topological polar surface area (TPSA) is 63.1 Å². The highest BCUT2D eigenvalue weighted by molar-refractivity contribution is 9.10. The van der Waals surface area contributed by atoms with Gasteiger partial charge in [-0.1, -0.05) is 19.6 Å². The molecule has 0 aliphatic heterocycles. The summed E-state index contributed by atoms with van der Waals surface area (Å²) in [6.45, 7) is 6.06. The zero-order valence-corrected chi connectivity index (χ0v) is 21.9. The van der Waals surface area contributed by atoms with Gasteiger partial charge in [0.1, 0.15) is 0 Å². The average molecular weight is 612 g/mol. The lowest BCUT2D eigenvalue weighted by Gasteiger charge is -2.26. The number of carbonyl (C=O) groups excluding carboxylic acids is 1. The molecule has 180 valence electrons. The van der Waals surface area contributed by atoms with Crippen LogP contribution in [0.1, 0.15) is 29.8 Å². The van der Waals surface area contributed by atoms with Crippen LogP contribution in [0, 0.1) is 0 Å². The average Bonchev–Trinajstić information content (AvgIpc) is 2.60. The fourth-order valence-corrected chi connectivity index (χ4v) is 2.18. The molecule has 32 heavy (non-hydrogen) atoms. The highest BCUT2D eigenvalue weighted by Gasteiger charge is 2.51. The van der Waals surface area contributed by atoms with Gasteiger partial charge in [-0.2, -0.15) is 26.3 Å². The van der Waals surface area contributed by atoms with Crippen LogP contribution in [0.15, 0.2) is 45.9 Å². The number of aliphatic hydroxyl groups is 1. The van der Waals surface area contributed by atoms with Crippen LogP contribution >= 0.6 is 31.9 Å². The minimum atomic E-state index is -4.71. The van der Waals surface area contributed by atoms with Gasteiger partial charge in [-0.3, -0.25) is 14.8 Å². The number of rotatable bonds is 2. The SMILES string of the molecule is CC(=O)c1cncc(Br)c1.CC(O)(c1cncc(Br)c1)C(F)(F)F.C[Si](C)(C)C(F)(F)F. The Hall–Kier alpha value is -1.31. The van der Waals surface area contributed by atoms with E-state index >= 15 is 0 Å². The third-order valence-corrected chi connectivity index (χ3v) is 6.35. The minimum absolute atomic E-state index is 0.0359. The summed E-state index contributed by atoms with van der Waals surface area (Å²) in [6.07, 6.45) is 0.809. The number of Topliss-reactive ketones (excluding diaryl/α,β-unsaturated/α-hetero) is 1. The van der Waals surface area contributed by atoms with E-state index < -0.39 is 25.7 Å². The number of alkyl halides is 6. The van der Waals surface area contributed by atoms with Crippen LogP contribution in [-0.4, -0.2) is 40.9 Å². The Morgan fingerprint density at radius 1 is 0.906 bits per heavy atom. The molecule has 1 N–H and O–H groups in total. The maximum Gasteiger partial charge on any atom is 0.421 e. The Morgan fingerprint density at radius 2 is 1.31 bits per heavy atom. The molecule has 0 amide bonds. The van der Waals surface area contributed by atoms with Crippen molar-refractivity contribution in [2.24, 2.45) is 0 Å². The Morgan fingerprint density at radius 3 is 1.59 bits per heavy atom. The first-order valence-corrected chi connectivity index (χ1v) is 13.9. The Labute approximate surface area is 199 Å². The highest BCUT2D eigenvalue weighted by atomic mass is 79.9. The molecule has 0 aliphatic carbocycles. The molecule has 0 spiro atoms. The summed E-state index contributed by atoms with van der Waals surface area (Å²) in [5.74, 6) is -3.89. The molecular formula is C19H22Br2F6N2O2Si. The van der Waals surface area contributed by atoms with Crippen molar-refractivity contribution >= 4 is 45.7 Å². The summed E-state index contributed by atoms with van der Waals surface area (Å²) >= 11 is 6.20. The molecule has 0 aliphatic rings. The molecule has 0 aromatic carbocycles. The van der Waals surface area contributed by atoms with Gasteiger partial charge in [0, 0.05) is 44.9 Å². The van der Waals surface area contributed by atoms with Gasteiger partial charge in [-0.05, 0) is 57.8 Å². The maximum atomic E-state index is 12.4. The minimum Gasteiger partial charge on any atom is -0.376 e. The van der Waals surface area contributed by atoms with E-state index in [0.717, 1.165) is 10.7 Å². The van der Waals surface area contributed by atoms with Gasteiger partial charge in [-0.25, -0.2) is 0 Å². The summed E-state index contributed by atoms with van der Waals surface area (Å²) in [5, 5.41) is 9.26. The molecule has 2 aromatic heterocycles. The third kappa shape index (κ3) is 10.1. The van der Waals surface area contributed by atoms with E-state index in [0.29, 0.717) is 17.0 Å². The Balaban J connectivity index is 0.000000472. The largest absolute Gasteiger partial charge is 0.421 e. The van der Waals surface area contributed by atoms with Gasteiger partial charge >= 0.3 is 12.0 Å². The third-order valence-electron chi connectivity index (χ3n) is 3.78. The zero-order chi connectivity index (χ0) is 25.5. The molecule has 2 rings (SSSR count). The number of pyridine rings is 2. The van der Waals surface area contributed by atoms with Crippen molar-refractivity contribution in [3.63, 3.8) is 0 Å². The summed E-state index contributed by atoms with van der Waals surface area (Å²) in [7, 11) is -2.86. The fourth-order valence-electron chi connectivity index (χ4n) is 1.45. The number of hydrogen-bond acceptors (Lipinski definition) is 4. The molecular weight excluding hydrogens is 590 g/mol. The van der Waals surface area contributed by atoms with Gasteiger partial charge in [-0.15, -0.1) is 0 Å². The molecule has 2 aromatic rings. The van der Waals surface area contributed by atoms with E-state index in [1.807, 2.05) is 0 Å². The highest BCUT2D eigenvalue weighted by Crippen LogP contribution is 2.38. The van der Waals surface area contributed by atoms with Crippen LogP contribution in [0.3, 0.4) is 0 Å². The second-order valence-corrected chi connectivity index (χ2v) is 14.6. The standard InChI is InChI=1S/C8H7BrF3NO.C7H6BrNO.C4H9F3Si/c1-7(14,8(10,11)12)5-2-6(9)4-13-3-5;1-5(10)6-2-7(8)4-9-3-6;1-8(2,3)4(5,6)7/h2-4,14H,1H3;2-4H,1H3;1-3H3. The summed E-state index contributed by atoms with van der Waals surface area (Å²) < 4.78 is 73.2. The van der Waals surface area contributed by atoms with Crippen LogP contribution < -0.4 is 0 Å². The van der Waals surface area contributed by atoms with Crippen LogP contribution in [0.25, 0.3) is 0 Å².